The fourth-order valence-corrected chi connectivity index (χ4v) is 0.887. The van der Waals surface area contributed by atoms with Crippen LogP contribution in [0.15, 0.2) is 23.3 Å². The van der Waals surface area contributed by atoms with Crippen molar-refractivity contribution in [2.45, 2.75) is 6.92 Å². The van der Waals surface area contributed by atoms with E-state index in [1.165, 1.54) is 6.07 Å². The van der Waals surface area contributed by atoms with Gasteiger partial charge in [-0.15, -0.1) is 0 Å². The molecule has 0 saturated carbocycles. The summed E-state index contributed by atoms with van der Waals surface area (Å²) in [6, 6.07) is 4.87. The number of nitrogens with one attached hydrogen (secondary N) is 1. The van der Waals surface area contributed by atoms with Crippen LogP contribution in [-0.4, -0.2) is 13.3 Å². The topological polar surface area (TPSA) is 24.4 Å². The maximum absolute atomic E-state index is 12.8. The summed E-state index contributed by atoms with van der Waals surface area (Å²) in [5, 5.41) is 3.82. The summed E-state index contributed by atoms with van der Waals surface area (Å²) in [5.74, 6) is -0.184. The third-order valence-electron chi connectivity index (χ3n) is 1.52. The molecule has 0 unspecified atom stereocenters. The molecule has 0 bridgehead atoms. The molecule has 1 aromatic rings. The van der Waals surface area contributed by atoms with Crippen LogP contribution >= 0.6 is 0 Å². The molecule has 0 aliphatic heterocycles. The zero-order chi connectivity index (χ0) is 8.97. The standard InChI is InChI=1S/C9H11FN2/c1-7-5-8(6-12-11-2)3-4-9(7)10/h3-6,11H,1-2H3/b12-6+. The highest BCUT2D eigenvalue weighted by Crippen LogP contribution is 2.06. The zero-order valence-electron chi connectivity index (χ0n) is 7.13. The third kappa shape index (κ3) is 2.05. The zero-order valence-corrected chi connectivity index (χ0v) is 7.13. The first kappa shape index (κ1) is 8.71. The Morgan fingerprint density at radius 3 is 2.83 bits per heavy atom. The van der Waals surface area contributed by atoms with Crippen molar-refractivity contribution in [3.63, 3.8) is 0 Å². The minimum Gasteiger partial charge on any atom is -0.313 e. The van der Waals surface area contributed by atoms with Crippen LogP contribution in [0.2, 0.25) is 0 Å². The van der Waals surface area contributed by atoms with E-state index < -0.39 is 0 Å². The summed E-state index contributed by atoms with van der Waals surface area (Å²) in [4.78, 5) is 0. The quantitative estimate of drug-likeness (QED) is 0.524. The first-order valence-corrected chi connectivity index (χ1v) is 3.70. The molecule has 0 aromatic heterocycles. The van der Waals surface area contributed by atoms with E-state index in [1.807, 2.05) is 0 Å². The Bertz CT molecular complexity index is 295. The van der Waals surface area contributed by atoms with Crippen LogP contribution in [-0.2, 0) is 0 Å². The lowest BCUT2D eigenvalue weighted by Crippen LogP contribution is -1.95. The van der Waals surface area contributed by atoms with Crippen molar-refractivity contribution < 1.29 is 4.39 Å². The van der Waals surface area contributed by atoms with Gasteiger partial charge < -0.3 is 5.43 Å². The number of hydrogen-bond donors (Lipinski definition) is 1. The van der Waals surface area contributed by atoms with Crippen molar-refractivity contribution in [2.75, 3.05) is 7.05 Å². The van der Waals surface area contributed by atoms with Crippen LogP contribution in [0.4, 0.5) is 4.39 Å². The van der Waals surface area contributed by atoms with E-state index >= 15 is 0 Å². The van der Waals surface area contributed by atoms with E-state index in [-0.39, 0.29) is 5.82 Å². The molecule has 1 aromatic carbocycles. The average Bonchev–Trinajstić information content (AvgIpc) is 2.07. The molecule has 0 amide bonds. The second-order valence-corrected chi connectivity index (χ2v) is 2.49. The van der Waals surface area contributed by atoms with Gasteiger partial charge in [0.2, 0.25) is 0 Å². The van der Waals surface area contributed by atoms with Crippen molar-refractivity contribution in [1.29, 1.82) is 0 Å². The summed E-state index contributed by atoms with van der Waals surface area (Å²) in [7, 11) is 1.72. The van der Waals surface area contributed by atoms with Crippen LogP contribution in [0, 0.1) is 12.7 Å². The van der Waals surface area contributed by atoms with E-state index in [0.29, 0.717) is 5.56 Å². The Hall–Kier alpha value is -1.38. The van der Waals surface area contributed by atoms with Crippen molar-refractivity contribution in [1.82, 2.24) is 5.43 Å². The van der Waals surface area contributed by atoms with Gasteiger partial charge in [-0.25, -0.2) is 4.39 Å². The van der Waals surface area contributed by atoms with E-state index in [9.17, 15) is 4.39 Å². The molecule has 0 fully saturated rings. The lowest BCUT2D eigenvalue weighted by Gasteiger charge is -1.96. The molecule has 1 rings (SSSR count). The number of halogens is 1. The van der Waals surface area contributed by atoms with Crippen LogP contribution in [0.5, 0.6) is 0 Å². The van der Waals surface area contributed by atoms with E-state index in [0.717, 1.165) is 5.56 Å². The second kappa shape index (κ2) is 3.85. The molecule has 0 atom stereocenters. The van der Waals surface area contributed by atoms with Crippen LogP contribution in [0.25, 0.3) is 0 Å². The van der Waals surface area contributed by atoms with Gasteiger partial charge in [-0.1, -0.05) is 6.07 Å². The van der Waals surface area contributed by atoms with E-state index in [1.54, 1.807) is 32.3 Å². The van der Waals surface area contributed by atoms with Gasteiger partial charge in [-0.3, -0.25) is 0 Å². The van der Waals surface area contributed by atoms with Crippen molar-refractivity contribution in [2.24, 2.45) is 5.10 Å². The molecule has 64 valence electrons. The number of hydrogen-bond acceptors (Lipinski definition) is 2. The molecule has 0 saturated heterocycles. The van der Waals surface area contributed by atoms with Gasteiger partial charge >= 0.3 is 0 Å². The summed E-state index contributed by atoms with van der Waals surface area (Å²) in [6.45, 7) is 1.73. The molecule has 2 nitrogen and oxygen atoms in total. The highest BCUT2D eigenvalue weighted by Gasteiger charge is 1.95. The van der Waals surface area contributed by atoms with Crippen molar-refractivity contribution >= 4 is 6.21 Å². The van der Waals surface area contributed by atoms with Gasteiger partial charge in [0.25, 0.3) is 0 Å². The van der Waals surface area contributed by atoms with Gasteiger partial charge in [-0.2, -0.15) is 5.10 Å². The molecule has 1 N–H and O–H groups in total. The summed E-state index contributed by atoms with van der Waals surface area (Å²) >= 11 is 0. The molecule has 0 radical (unpaired) electrons. The van der Waals surface area contributed by atoms with Gasteiger partial charge in [0, 0.05) is 7.05 Å². The van der Waals surface area contributed by atoms with E-state index in [2.05, 4.69) is 10.5 Å². The predicted molar refractivity (Wildman–Crippen MR) is 47.8 cm³/mol. The SMILES string of the molecule is CN/N=C/c1ccc(F)c(C)c1. The van der Waals surface area contributed by atoms with Crippen molar-refractivity contribution in [3.8, 4) is 0 Å². The highest BCUT2D eigenvalue weighted by atomic mass is 19.1. The molecular weight excluding hydrogens is 155 g/mol. The minimum absolute atomic E-state index is 0.184. The molecular formula is C9H11FN2. The number of aryl methyl sites for hydroxylation is 1. The van der Waals surface area contributed by atoms with Crippen LogP contribution in [0.1, 0.15) is 11.1 Å². The molecule has 12 heavy (non-hydrogen) atoms. The predicted octanol–water partition coefficient (Wildman–Crippen LogP) is 1.69. The minimum atomic E-state index is -0.184. The van der Waals surface area contributed by atoms with Gasteiger partial charge in [0.1, 0.15) is 5.82 Å². The number of rotatable bonds is 2. The first-order valence-electron chi connectivity index (χ1n) is 3.70. The largest absolute Gasteiger partial charge is 0.313 e. The summed E-state index contributed by atoms with van der Waals surface area (Å²) in [5.41, 5.74) is 4.15. The Kier molecular flexibility index (Phi) is 2.80. The molecule has 0 spiro atoms. The first-order chi connectivity index (χ1) is 5.74. The van der Waals surface area contributed by atoms with Crippen LogP contribution < -0.4 is 5.43 Å². The number of hydrazone groups is 1. The Morgan fingerprint density at radius 2 is 2.25 bits per heavy atom. The lowest BCUT2D eigenvalue weighted by atomic mass is 10.1. The summed E-state index contributed by atoms with van der Waals surface area (Å²) < 4.78 is 12.8. The van der Waals surface area contributed by atoms with Crippen molar-refractivity contribution in [3.05, 3.63) is 35.1 Å². The monoisotopic (exact) mass is 166 g/mol. The number of nitrogens with zero attached hydrogens (tertiary/aromatic N) is 1. The molecule has 0 aliphatic carbocycles. The lowest BCUT2D eigenvalue weighted by molar-refractivity contribution is 0.618. The maximum Gasteiger partial charge on any atom is 0.126 e. The fourth-order valence-electron chi connectivity index (χ4n) is 0.887. The third-order valence-corrected chi connectivity index (χ3v) is 1.52. The van der Waals surface area contributed by atoms with Gasteiger partial charge in [0.05, 0.1) is 6.21 Å². The average molecular weight is 166 g/mol. The summed E-state index contributed by atoms with van der Waals surface area (Å²) in [6.07, 6.45) is 1.65. The molecule has 0 aliphatic rings. The Balaban J connectivity index is 2.89. The number of benzene rings is 1. The Morgan fingerprint density at radius 1 is 1.50 bits per heavy atom. The highest BCUT2D eigenvalue weighted by molar-refractivity contribution is 5.79. The van der Waals surface area contributed by atoms with Gasteiger partial charge in [0.15, 0.2) is 0 Å². The normalized spacial score (nSPS) is 10.6. The smallest absolute Gasteiger partial charge is 0.126 e. The Labute approximate surface area is 71.1 Å². The molecule has 3 heteroatoms. The van der Waals surface area contributed by atoms with Gasteiger partial charge in [-0.05, 0) is 30.2 Å². The van der Waals surface area contributed by atoms with Crippen LogP contribution in [0.3, 0.4) is 0 Å². The molecule has 0 heterocycles. The van der Waals surface area contributed by atoms with E-state index in [4.69, 9.17) is 0 Å². The maximum atomic E-state index is 12.8. The second-order valence-electron chi connectivity index (χ2n) is 2.49. The fraction of sp³-hybridized carbons (Fsp3) is 0.222.